The Hall–Kier alpha value is -2.03. The smallest absolute Gasteiger partial charge is 0.244 e. The number of pyridine rings is 1. The third kappa shape index (κ3) is 3.83. The highest BCUT2D eigenvalue weighted by Crippen LogP contribution is 2.37. The van der Waals surface area contributed by atoms with Gasteiger partial charge in [-0.15, -0.1) is 0 Å². The minimum Gasteiger partial charge on any atom is -0.488 e. The minimum atomic E-state index is -3.61. The Morgan fingerprint density at radius 3 is 2.96 bits per heavy atom. The number of hydrogen-bond acceptors (Lipinski definition) is 5. The molecular weight excluding hydrogens is 371 g/mol. The molecule has 2 fully saturated rings. The molecule has 144 valence electrons. The highest BCUT2D eigenvalue weighted by molar-refractivity contribution is 7.89. The molecule has 2 aliphatic rings. The summed E-state index contributed by atoms with van der Waals surface area (Å²) < 4.78 is 52.5. The minimum absolute atomic E-state index is 0.188. The Morgan fingerprint density at radius 1 is 1.30 bits per heavy atom. The Bertz CT molecular complexity index is 909. The summed E-state index contributed by atoms with van der Waals surface area (Å²) in [5.41, 5.74) is -0.564. The van der Waals surface area contributed by atoms with E-state index in [4.69, 9.17) is 9.47 Å². The first-order valence-electron chi connectivity index (χ1n) is 8.93. The van der Waals surface area contributed by atoms with Gasteiger partial charge in [-0.3, -0.25) is 4.98 Å². The maximum Gasteiger partial charge on any atom is 0.244 e. The number of aromatic nitrogens is 1. The molecule has 0 amide bonds. The van der Waals surface area contributed by atoms with Crippen LogP contribution in [0.4, 0.5) is 4.39 Å². The molecule has 4 rings (SSSR count). The van der Waals surface area contributed by atoms with Gasteiger partial charge < -0.3 is 9.47 Å². The van der Waals surface area contributed by atoms with Crippen LogP contribution >= 0.6 is 0 Å². The quantitative estimate of drug-likeness (QED) is 0.800. The van der Waals surface area contributed by atoms with Crippen molar-refractivity contribution in [1.29, 1.82) is 0 Å². The molecule has 0 aliphatic carbocycles. The SMILES string of the molecule is O=S(=O)(c1cccnc1)N1CCC[C@@]2(C[C@@H](Oc3cccc(F)c3)CO2)C1. The van der Waals surface area contributed by atoms with Crippen LogP contribution in [0.3, 0.4) is 0 Å². The molecule has 2 saturated heterocycles. The molecular formula is C19H21FN2O4S. The summed E-state index contributed by atoms with van der Waals surface area (Å²) >= 11 is 0. The van der Waals surface area contributed by atoms with Crippen molar-refractivity contribution in [2.45, 2.75) is 35.9 Å². The van der Waals surface area contributed by atoms with E-state index in [-0.39, 0.29) is 23.4 Å². The summed E-state index contributed by atoms with van der Waals surface area (Å²) in [5, 5.41) is 0. The lowest BCUT2D eigenvalue weighted by Crippen LogP contribution is -2.50. The number of nitrogens with zero attached hydrogens (tertiary/aromatic N) is 2. The molecule has 2 aliphatic heterocycles. The third-order valence-electron chi connectivity index (χ3n) is 5.05. The largest absolute Gasteiger partial charge is 0.488 e. The van der Waals surface area contributed by atoms with Crippen molar-refractivity contribution in [3.8, 4) is 5.75 Å². The predicted octanol–water partition coefficient (Wildman–Crippen LogP) is 2.61. The second kappa shape index (κ2) is 7.18. The van der Waals surface area contributed by atoms with Gasteiger partial charge in [0.1, 0.15) is 22.6 Å². The number of rotatable bonds is 4. The lowest BCUT2D eigenvalue weighted by atomic mass is 9.90. The normalized spacial score (nSPS) is 26.3. The number of ether oxygens (including phenoxy) is 2. The van der Waals surface area contributed by atoms with Crippen molar-refractivity contribution in [3.63, 3.8) is 0 Å². The maximum atomic E-state index is 13.3. The fourth-order valence-corrected chi connectivity index (χ4v) is 5.32. The monoisotopic (exact) mass is 392 g/mol. The van der Waals surface area contributed by atoms with Gasteiger partial charge in [0.2, 0.25) is 10.0 Å². The van der Waals surface area contributed by atoms with Gasteiger partial charge in [-0.25, -0.2) is 12.8 Å². The van der Waals surface area contributed by atoms with Crippen molar-refractivity contribution in [2.24, 2.45) is 0 Å². The van der Waals surface area contributed by atoms with Crippen LogP contribution in [-0.4, -0.2) is 49.1 Å². The molecule has 1 aromatic heterocycles. The van der Waals surface area contributed by atoms with E-state index >= 15 is 0 Å². The van der Waals surface area contributed by atoms with Gasteiger partial charge in [0, 0.05) is 38.0 Å². The molecule has 0 N–H and O–H groups in total. The van der Waals surface area contributed by atoms with E-state index in [2.05, 4.69) is 4.98 Å². The Balaban J connectivity index is 1.47. The molecule has 1 spiro atoms. The molecule has 2 atom stereocenters. The van der Waals surface area contributed by atoms with Crippen LogP contribution in [0, 0.1) is 5.82 Å². The highest BCUT2D eigenvalue weighted by Gasteiger charge is 2.47. The summed E-state index contributed by atoms with van der Waals surface area (Å²) in [5.74, 6) is 0.101. The molecule has 3 heterocycles. The van der Waals surface area contributed by atoms with E-state index in [1.54, 1.807) is 30.5 Å². The number of hydrogen-bond donors (Lipinski definition) is 0. The summed E-state index contributed by atoms with van der Waals surface area (Å²) in [6.45, 7) is 1.10. The Labute approximate surface area is 158 Å². The van der Waals surface area contributed by atoms with Crippen LogP contribution in [0.2, 0.25) is 0 Å². The standard InChI is InChI=1S/C19H21FN2O4S/c20-15-4-1-5-16(10-15)26-17-11-19(25-13-17)7-3-9-22(14-19)27(23,24)18-6-2-8-21-12-18/h1-2,4-6,8,10,12,17H,3,7,9,11,13-14H2/t17-,19-/m1/s1. The molecule has 0 bridgehead atoms. The predicted molar refractivity (Wildman–Crippen MR) is 96.3 cm³/mol. The van der Waals surface area contributed by atoms with Crippen molar-refractivity contribution >= 4 is 10.0 Å². The number of benzene rings is 1. The van der Waals surface area contributed by atoms with Crippen molar-refractivity contribution in [1.82, 2.24) is 9.29 Å². The van der Waals surface area contributed by atoms with Gasteiger partial charge in [0.25, 0.3) is 0 Å². The molecule has 0 radical (unpaired) electrons. The summed E-state index contributed by atoms with van der Waals surface area (Å²) in [6.07, 6.45) is 4.74. The lowest BCUT2D eigenvalue weighted by molar-refractivity contribution is -0.0338. The average molecular weight is 392 g/mol. The van der Waals surface area contributed by atoms with E-state index < -0.39 is 15.6 Å². The van der Waals surface area contributed by atoms with Crippen molar-refractivity contribution in [3.05, 3.63) is 54.6 Å². The third-order valence-corrected chi connectivity index (χ3v) is 6.88. The number of halogens is 1. The van der Waals surface area contributed by atoms with E-state index in [0.29, 0.717) is 31.7 Å². The van der Waals surface area contributed by atoms with Crippen LogP contribution in [0.15, 0.2) is 53.7 Å². The van der Waals surface area contributed by atoms with Gasteiger partial charge >= 0.3 is 0 Å². The van der Waals surface area contributed by atoms with Crippen LogP contribution in [0.1, 0.15) is 19.3 Å². The number of sulfonamides is 1. The maximum absolute atomic E-state index is 13.3. The Morgan fingerprint density at radius 2 is 2.19 bits per heavy atom. The van der Waals surface area contributed by atoms with Gasteiger partial charge in [-0.1, -0.05) is 6.07 Å². The number of piperidine rings is 1. The molecule has 27 heavy (non-hydrogen) atoms. The first-order valence-corrected chi connectivity index (χ1v) is 10.4. The van der Waals surface area contributed by atoms with E-state index in [1.165, 1.54) is 22.6 Å². The van der Waals surface area contributed by atoms with Crippen molar-refractivity contribution in [2.75, 3.05) is 19.7 Å². The first-order chi connectivity index (χ1) is 13.0. The molecule has 6 nitrogen and oxygen atoms in total. The van der Waals surface area contributed by atoms with Gasteiger partial charge in [-0.2, -0.15) is 4.31 Å². The topological polar surface area (TPSA) is 68.7 Å². The first kappa shape index (κ1) is 18.3. The van der Waals surface area contributed by atoms with Crippen LogP contribution in [0.25, 0.3) is 0 Å². The summed E-state index contributed by atoms with van der Waals surface area (Å²) in [6, 6.07) is 9.16. The summed E-state index contributed by atoms with van der Waals surface area (Å²) in [4.78, 5) is 4.10. The lowest BCUT2D eigenvalue weighted by Gasteiger charge is -2.38. The second-order valence-corrected chi connectivity index (χ2v) is 8.96. The van der Waals surface area contributed by atoms with Crippen LogP contribution in [-0.2, 0) is 14.8 Å². The highest BCUT2D eigenvalue weighted by atomic mass is 32.2. The summed E-state index contributed by atoms with van der Waals surface area (Å²) in [7, 11) is -3.61. The zero-order chi connectivity index (χ0) is 18.9. The van der Waals surface area contributed by atoms with Gasteiger partial charge in [0.05, 0.1) is 12.2 Å². The van der Waals surface area contributed by atoms with Crippen LogP contribution in [0.5, 0.6) is 5.75 Å². The van der Waals surface area contributed by atoms with E-state index in [9.17, 15) is 12.8 Å². The fraction of sp³-hybridized carbons (Fsp3) is 0.421. The zero-order valence-electron chi connectivity index (χ0n) is 14.8. The fourth-order valence-electron chi connectivity index (χ4n) is 3.81. The molecule has 2 aromatic rings. The van der Waals surface area contributed by atoms with Crippen LogP contribution < -0.4 is 4.74 Å². The Kier molecular flexibility index (Phi) is 4.88. The molecule has 0 unspecified atom stereocenters. The van der Waals surface area contributed by atoms with Gasteiger partial charge in [0.15, 0.2) is 0 Å². The van der Waals surface area contributed by atoms with E-state index in [1.807, 2.05) is 0 Å². The molecule has 8 heteroatoms. The van der Waals surface area contributed by atoms with Crippen molar-refractivity contribution < 1.29 is 22.3 Å². The zero-order valence-corrected chi connectivity index (χ0v) is 15.6. The average Bonchev–Trinajstić information content (AvgIpc) is 3.04. The molecule has 0 saturated carbocycles. The second-order valence-electron chi connectivity index (χ2n) is 7.03. The van der Waals surface area contributed by atoms with Gasteiger partial charge in [-0.05, 0) is 37.1 Å². The van der Waals surface area contributed by atoms with E-state index in [0.717, 1.165) is 6.42 Å². The molecule has 1 aromatic carbocycles.